The van der Waals surface area contributed by atoms with Gasteiger partial charge in [-0.15, -0.1) is 0 Å². The Balaban J connectivity index is 1.81. The second-order valence-corrected chi connectivity index (χ2v) is 6.39. The molecule has 3 heteroatoms. The van der Waals surface area contributed by atoms with Gasteiger partial charge in [-0.3, -0.25) is 4.90 Å². The van der Waals surface area contributed by atoms with Crippen molar-refractivity contribution in [3.05, 3.63) is 35.6 Å². The first-order chi connectivity index (χ1) is 9.09. The molecule has 1 saturated heterocycles. The van der Waals surface area contributed by atoms with E-state index in [9.17, 15) is 4.39 Å². The molecule has 104 valence electrons. The van der Waals surface area contributed by atoms with Crippen LogP contribution in [0.1, 0.15) is 32.3 Å². The molecule has 2 fully saturated rings. The standard InChI is InChI=1S/C16H23FN2/c1-12-9-19(10-13-5-3-4-6-15(13)17)16(2,11-18-12)14-7-8-14/h3-6,12,14,18H,7-11H2,1-2H3. The Morgan fingerprint density at radius 2 is 2.11 bits per heavy atom. The molecular weight excluding hydrogens is 239 g/mol. The Morgan fingerprint density at radius 1 is 1.37 bits per heavy atom. The van der Waals surface area contributed by atoms with Gasteiger partial charge in [0.1, 0.15) is 5.82 Å². The molecule has 0 spiro atoms. The smallest absolute Gasteiger partial charge is 0.127 e. The number of halogens is 1. The highest BCUT2D eigenvalue weighted by Crippen LogP contribution is 2.44. The Hall–Kier alpha value is -0.930. The van der Waals surface area contributed by atoms with E-state index in [0.29, 0.717) is 6.04 Å². The zero-order valence-corrected chi connectivity index (χ0v) is 11.8. The minimum atomic E-state index is -0.0770. The predicted octanol–water partition coefficient (Wildman–Crippen LogP) is 2.79. The molecule has 2 unspecified atom stereocenters. The van der Waals surface area contributed by atoms with E-state index >= 15 is 0 Å². The lowest BCUT2D eigenvalue weighted by molar-refractivity contribution is 0.0303. The summed E-state index contributed by atoms with van der Waals surface area (Å²) >= 11 is 0. The molecule has 1 N–H and O–H groups in total. The monoisotopic (exact) mass is 262 g/mol. The third-order valence-electron chi connectivity index (χ3n) is 4.80. The first-order valence-corrected chi connectivity index (χ1v) is 7.31. The van der Waals surface area contributed by atoms with Gasteiger partial charge in [0.15, 0.2) is 0 Å². The summed E-state index contributed by atoms with van der Waals surface area (Å²) in [7, 11) is 0. The average molecular weight is 262 g/mol. The molecule has 2 nitrogen and oxygen atoms in total. The van der Waals surface area contributed by atoms with Gasteiger partial charge in [-0.2, -0.15) is 0 Å². The third-order valence-corrected chi connectivity index (χ3v) is 4.80. The molecule has 1 aromatic rings. The van der Waals surface area contributed by atoms with Crippen LogP contribution in [0, 0.1) is 11.7 Å². The number of benzene rings is 1. The molecule has 0 amide bonds. The summed E-state index contributed by atoms with van der Waals surface area (Å²) in [5.74, 6) is 0.700. The van der Waals surface area contributed by atoms with Crippen molar-refractivity contribution in [1.29, 1.82) is 0 Å². The van der Waals surface area contributed by atoms with Gasteiger partial charge in [0.05, 0.1) is 0 Å². The molecular formula is C16H23FN2. The van der Waals surface area contributed by atoms with E-state index in [4.69, 9.17) is 0 Å². The van der Waals surface area contributed by atoms with Gasteiger partial charge in [0.2, 0.25) is 0 Å². The van der Waals surface area contributed by atoms with Crippen molar-refractivity contribution >= 4 is 0 Å². The summed E-state index contributed by atoms with van der Waals surface area (Å²) < 4.78 is 13.9. The van der Waals surface area contributed by atoms with Crippen LogP contribution in [0.25, 0.3) is 0 Å². The SMILES string of the molecule is CC1CN(Cc2ccccc2F)C(C)(C2CC2)CN1. The van der Waals surface area contributed by atoms with Crippen molar-refractivity contribution in [2.75, 3.05) is 13.1 Å². The molecule has 1 heterocycles. The van der Waals surface area contributed by atoms with Crippen LogP contribution in [0.4, 0.5) is 4.39 Å². The first-order valence-electron chi connectivity index (χ1n) is 7.31. The van der Waals surface area contributed by atoms with E-state index in [1.54, 1.807) is 12.1 Å². The number of rotatable bonds is 3. The summed E-state index contributed by atoms with van der Waals surface area (Å²) in [6.07, 6.45) is 2.64. The molecule has 1 aliphatic carbocycles. The van der Waals surface area contributed by atoms with Crippen molar-refractivity contribution in [2.24, 2.45) is 5.92 Å². The van der Waals surface area contributed by atoms with Crippen LogP contribution in [0.3, 0.4) is 0 Å². The van der Waals surface area contributed by atoms with Crippen LogP contribution in [0.15, 0.2) is 24.3 Å². The summed E-state index contributed by atoms with van der Waals surface area (Å²) in [5.41, 5.74) is 1.01. The lowest BCUT2D eigenvalue weighted by Gasteiger charge is -2.48. The molecule has 2 aliphatic rings. The molecule has 2 atom stereocenters. The van der Waals surface area contributed by atoms with Crippen LogP contribution >= 0.6 is 0 Å². The van der Waals surface area contributed by atoms with Crippen molar-refractivity contribution in [3.8, 4) is 0 Å². The van der Waals surface area contributed by atoms with Gasteiger partial charge in [-0.25, -0.2) is 4.39 Å². The minimum Gasteiger partial charge on any atom is -0.311 e. The maximum atomic E-state index is 13.9. The Bertz CT molecular complexity index is 458. The Morgan fingerprint density at radius 3 is 2.79 bits per heavy atom. The van der Waals surface area contributed by atoms with Crippen LogP contribution in [0.5, 0.6) is 0 Å². The first kappa shape index (κ1) is 13.1. The fourth-order valence-electron chi connectivity index (χ4n) is 3.28. The Labute approximate surface area is 115 Å². The second-order valence-electron chi connectivity index (χ2n) is 6.39. The third kappa shape index (κ3) is 2.54. The maximum Gasteiger partial charge on any atom is 0.127 e. The van der Waals surface area contributed by atoms with E-state index in [0.717, 1.165) is 31.1 Å². The molecule has 3 rings (SSSR count). The molecule has 1 aliphatic heterocycles. The fourth-order valence-corrected chi connectivity index (χ4v) is 3.28. The van der Waals surface area contributed by atoms with Gasteiger partial charge < -0.3 is 5.32 Å². The van der Waals surface area contributed by atoms with Gasteiger partial charge in [0.25, 0.3) is 0 Å². The number of hydrogen-bond acceptors (Lipinski definition) is 2. The lowest BCUT2D eigenvalue weighted by Crippen LogP contribution is -2.63. The van der Waals surface area contributed by atoms with Crippen molar-refractivity contribution < 1.29 is 4.39 Å². The highest BCUT2D eigenvalue weighted by molar-refractivity contribution is 5.18. The fraction of sp³-hybridized carbons (Fsp3) is 0.625. The normalized spacial score (nSPS) is 32.5. The molecule has 19 heavy (non-hydrogen) atoms. The minimum absolute atomic E-state index is 0.0770. The summed E-state index contributed by atoms with van der Waals surface area (Å²) in [6, 6.07) is 7.65. The van der Waals surface area contributed by atoms with Crippen molar-refractivity contribution in [2.45, 2.75) is 44.8 Å². The zero-order chi connectivity index (χ0) is 13.5. The molecule has 0 radical (unpaired) electrons. The van der Waals surface area contributed by atoms with Gasteiger partial charge in [0, 0.05) is 36.8 Å². The average Bonchev–Trinajstić information content (AvgIpc) is 3.21. The van der Waals surface area contributed by atoms with Crippen LogP contribution in [0.2, 0.25) is 0 Å². The van der Waals surface area contributed by atoms with Gasteiger partial charge in [-0.1, -0.05) is 18.2 Å². The quantitative estimate of drug-likeness (QED) is 0.901. The lowest BCUT2D eigenvalue weighted by atomic mass is 9.89. The number of nitrogens with zero attached hydrogens (tertiary/aromatic N) is 1. The number of nitrogens with one attached hydrogen (secondary N) is 1. The van der Waals surface area contributed by atoms with Gasteiger partial charge >= 0.3 is 0 Å². The summed E-state index contributed by atoms with van der Waals surface area (Å²) in [5, 5.41) is 3.59. The maximum absolute atomic E-state index is 13.9. The van der Waals surface area contributed by atoms with Crippen LogP contribution in [-0.2, 0) is 6.54 Å². The summed E-state index contributed by atoms with van der Waals surface area (Å²) in [4.78, 5) is 2.49. The molecule has 0 bridgehead atoms. The van der Waals surface area contributed by atoms with E-state index in [-0.39, 0.29) is 11.4 Å². The number of piperazine rings is 1. The highest BCUT2D eigenvalue weighted by Gasteiger charge is 2.47. The topological polar surface area (TPSA) is 15.3 Å². The van der Waals surface area contributed by atoms with Crippen LogP contribution < -0.4 is 5.32 Å². The van der Waals surface area contributed by atoms with Crippen molar-refractivity contribution in [1.82, 2.24) is 10.2 Å². The second kappa shape index (κ2) is 4.88. The molecule has 0 aromatic heterocycles. The van der Waals surface area contributed by atoms with Gasteiger partial charge in [-0.05, 0) is 38.7 Å². The van der Waals surface area contributed by atoms with Crippen LogP contribution in [-0.4, -0.2) is 29.6 Å². The van der Waals surface area contributed by atoms with E-state index < -0.39 is 0 Å². The largest absolute Gasteiger partial charge is 0.311 e. The molecule has 1 saturated carbocycles. The highest BCUT2D eigenvalue weighted by atomic mass is 19.1. The molecule has 1 aromatic carbocycles. The zero-order valence-electron chi connectivity index (χ0n) is 11.8. The van der Waals surface area contributed by atoms with E-state index in [1.165, 1.54) is 12.8 Å². The Kier molecular flexibility index (Phi) is 3.35. The van der Waals surface area contributed by atoms with Crippen molar-refractivity contribution in [3.63, 3.8) is 0 Å². The predicted molar refractivity (Wildman–Crippen MR) is 75.4 cm³/mol. The van der Waals surface area contributed by atoms with E-state index in [1.807, 2.05) is 12.1 Å². The van der Waals surface area contributed by atoms with E-state index in [2.05, 4.69) is 24.1 Å². The number of hydrogen-bond donors (Lipinski definition) is 1. The summed E-state index contributed by atoms with van der Waals surface area (Å²) in [6.45, 7) is 7.30.